The van der Waals surface area contributed by atoms with Gasteiger partial charge in [-0.3, -0.25) is 15.4 Å². The third-order valence-electron chi connectivity index (χ3n) is 3.46. The predicted octanol–water partition coefficient (Wildman–Crippen LogP) is 1.19. The topological polar surface area (TPSA) is 55.2 Å². The highest BCUT2D eigenvalue weighted by molar-refractivity contribution is 5.47. The minimum atomic E-state index is -0.384. The zero-order valence-electron chi connectivity index (χ0n) is 8.22. The minimum absolute atomic E-state index is 0.148. The molecule has 1 aliphatic heterocycles. The Morgan fingerprint density at radius 1 is 1.47 bits per heavy atom. The zero-order chi connectivity index (χ0) is 10.4. The smallest absolute Gasteiger partial charge is 0.218 e. The molecule has 1 heterocycles. The van der Waals surface area contributed by atoms with Gasteiger partial charge in [0.25, 0.3) is 0 Å². The molecule has 1 N–H and O–H groups in total. The normalized spacial score (nSPS) is 36.9. The number of rotatable bonds is 1. The number of nitrogens with one attached hydrogen (secondary N) is 1. The molecule has 3 atom stereocenters. The molecule has 0 amide bonds. The van der Waals surface area contributed by atoms with E-state index in [4.69, 9.17) is 0 Å². The van der Waals surface area contributed by atoms with E-state index in [0.717, 1.165) is 0 Å². The van der Waals surface area contributed by atoms with E-state index in [1.54, 1.807) is 0 Å². The molecule has 0 bridgehead atoms. The monoisotopic (exact) mass is 204 g/mol. The van der Waals surface area contributed by atoms with Crippen molar-refractivity contribution in [2.45, 2.75) is 31.0 Å². The van der Waals surface area contributed by atoms with Gasteiger partial charge in [0, 0.05) is 23.8 Å². The Morgan fingerprint density at radius 2 is 2.33 bits per heavy atom. The van der Waals surface area contributed by atoms with Crippen LogP contribution in [0.4, 0.5) is 0 Å². The van der Waals surface area contributed by atoms with E-state index in [2.05, 4.69) is 17.5 Å². The number of fused-ring (bicyclic) bond motifs is 2. The number of nitro groups is 1. The summed E-state index contributed by atoms with van der Waals surface area (Å²) in [5.74, 6) is 0. The van der Waals surface area contributed by atoms with Crippen LogP contribution >= 0.6 is 0 Å². The van der Waals surface area contributed by atoms with Crippen LogP contribution in [0.25, 0.3) is 0 Å². The third-order valence-corrected chi connectivity index (χ3v) is 3.46. The summed E-state index contributed by atoms with van der Waals surface area (Å²) in [7, 11) is 0. The van der Waals surface area contributed by atoms with Gasteiger partial charge >= 0.3 is 0 Å². The first kappa shape index (κ1) is 8.85. The summed E-state index contributed by atoms with van der Waals surface area (Å²) in [6.07, 6.45) is 9.48. The van der Waals surface area contributed by atoms with E-state index >= 15 is 0 Å². The highest BCUT2D eigenvalue weighted by atomic mass is 16.6. The van der Waals surface area contributed by atoms with Crippen LogP contribution in [0.3, 0.4) is 0 Å². The number of allylic oxidation sites excluding steroid dienone is 2. The van der Waals surface area contributed by atoms with Crippen LogP contribution in [0, 0.1) is 10.1 Å². The Labute approximate surface area is 87.5 Å². The van der Waals surface area contributed by atoms with Crippen LogP contribution in [0.1, 0.15) is 12.8 Å². The first-order valence-corrected chi connectivity index (χ1v) is 5.23. The van der Waals surface area contributed by atoms with Gasteiger partial charge in [-0.1, -0.05) is 24.3 Å². The van der Waals surface area contributed by atoms with Crippen LogP contribution in [0.5, 0.6) is 0 Å². The molecule has 3 rings (SSSR count). The maximum Gasteiger partial charge on any atom is 0.218 e. The van der Waals surface area contributed by atoms with Crippen LogP contribution in [-0.2, 0) is 0 Å². The summed E-state index contributed by atoms with van der Waals surface area (Å²) in [4.78, 5) is 10.6. The second-order valence-corrected chi connectivity index (χ2v) is 4.30. The van der Waals surface area contributed by atoms with Gasteiger partial charge in [-0.05, 0) is 11.1 Å². The van der Waals surface area contributed by atoms with Gasteiger partial charge in [0.05, 0.1) is 6.04 Å². The molecule has 0 aromatic carbocycles. The fourth-order valence-corrected chi connectivity index (χ4v) is 2.75. The molecule has 1 fully saturated rings. The first-order valence-electron chi connectivity index (χ1n) is 5.23. The van der Waals surface area contributed by atoms with Crippen LogP contribution in [0.15, 0.2) is 35.5 Å². The summed E-state index contributed by atoms with van der Waals surface area (Å²) >= 11 is 0. The lowest BCUT2D eigenvalue weighted by atomic mass is 9.99. The standard InChI is InChI=1S/C11H12N2O2/c14-13(15)7-5-9-8-3-1-2-4-10(8)12-11(9)6-7/h1-4,7,10-12H,5-6H2. The Hall–Kier alpha value is -1.42. The van der Waals surface area contributed by atoms with E-state index in [9.17, 15) is 10.1 Å². The molecule has 0 aromatic rings. The lowest BCUT2D eigenvalue weighted by Gasteiger charge is -2.13. The molecule has 4 nitrogen and oxygen atoms in total. The molecule has 2 aliphatic carbocycles. The fourth-order valence-electron chi connectivity index (χ4n) is 2.75. The molecule has 4 heteroatoms. The fraction of sp³-hybridized carbons (Fsp3) is 0.455. The quantitative estimate of drug-likeness (QED) is 0.515. The predicted molar refractivity (Wildman–Crippen MR) is 56.0 cm³/mol. The van der Waals surface area contributed by atoms with Gasteiger partial charge < -0.3 is 0 Å². The second kappa shape index (κ2) is 3.03. The van der Waals surface area contributed by atoms with Crippen molar-refractivity contribution in [2.24, 2.45) is 0 Å². The summed E-state index contributed by atoms with van der Waals surface area (Å²) in [6, 6.07) is 0.140. The van der Waals surface area contributed by atoms with E-state index in [0.29, 0.717) is 18.9 Å². The SMILES string of the molecule is O=[N+]([O-])C1CC2=C3C=CC=CC3NC2C1. The minimum Gasteiger partial charge on any atom is -0.300 e. The average Bonchev–Trinajstić information content (AvgIpc) is 2.73. The third kappa shape index (κ3) is 1.25. The highest BCUT2D eigenvalue weighted by Crippen LogP contribution is 2.37. The number of hydrogen-bond donors (Lipinski definition) is 1. The Kier molecular flexibility index (Phi) is 1.79. The molecule has 0 radical (unpaired) electrons. The highest BCUT2D eigenvalue weighted by Gasteiger charge is 2.43. The van der Waals surface area contributed by atoms with Crippen molar-refractivity contribution < 1.29 is 4.92 Å². The Bertz CT molecular complexity index is 409. The maximum absolute atomic E-state index is 10.7. The van der Waals surface area contributed by atoms with Crippen molar-refractivity contribution in [2.75, 3.05) is 0 Å². The van der Waals surface area contributed by atoms with Gasteiger partial charge in [-0.15, -0.1) is 0 Å². The number of hydrogen-bond acceptors (Lipinski definition) is 3. The van der Waals surface area contributed by atoms with Crippen LogP contribution < -0.4 is 5.32 Å². The average molecular weight is 204 g/mol. The van der Waals surface area contributed by atoms with Crippen molar-refractivity contribution in [3.05, 3.63) is 45.6 Å². The molecule has 15 heavy (non-hydrogen) atoms. The van der Waals surface area contributed by atoms with Crippen molar-refractivity contribution in [1.29, 1.82) is 0 Å². The van der Waals surface area contributed by atoms with E-state index in [1.165, 1.54) is 11.1 Å². The van der Waals surface area contributed by atoms with Gasteiger partial charge in [0.1, 0.15) is 0 Å². The van der Waals surface area contributed by atoms with Gasteiger partial charge in [0.2, 0.25) is 6.04 Å². The second-order valence-electron chi connectivity index (χ2n) is 4.30. The summed E-state index contributed by atoms with van der Waals surface area (Å²) in [5.41, 5.74) is 2.51. The molecule has 3 aliphatic rings. The molecule has 0 saturated heterocycles. The van der Waals surface area contributed by atoms with Crippen molar-refractivity contribution in [3.8, 4) is 0 Å². The van der Waals surface area contributed by atoms with Crippen molar-refractivity contribution >= 4 is 0 Å². The summed E-state index contributed by atoms with van der Waals surface area (Å²) in [5, 5.41) is 14.1. The Balaban J connectivity index is 1.92. The van der Waals surface area contributed by atoms with E-state index in [1.807, 2.05) is 12.2 Å². The summed E-state index contributed by atoms with van der Waals surface area (Å²) < 4.78 is 0. The molecular weight excluding hydrogens is 192 g/mol. The van der Waals surface area contributed by atoms with E-state index in [-0.39, 0.29) is 17.0 Å². The van der Waals surface area contributed by atoms with Crippen molar-refractivity contribution in [3.63, 3.8) is 0 Å². The summed E-state index contributed by atoms with van der Waals surface area (Å²) in [6.45, 7) is 0. The van der Waals surface area contributed by atoms with Crippen LogP contribution in [-0.4, -0.2) is 23.0 Å². The lowest BCUT2D eigenvalue weighted by molar-refractivity contribution is -0.520. The first-order chi connectivity index (χ1) is 7.25. The van der Waals surface area contributed by atoms with Gasteiger partial charge in [-0.25, -0.2) is 0 Å². The molecule has 0 spiro atoms. The molecule has 3 unspecified atom stereocenters. The van der Waals surface area contributed by atoms with Gasteiger partial charge in [0.15, 0.2) is 0 Å². The molecule has 0 aromatic heterocycles. The van der Waals surface area contributed by atoms with E-state index < -0.39 is 0 Å². The van der Waals surface area contributed by atoms with Crippen LogP contribution in [0.2, 0.25) is 0 Å². The molecule has 78 valence electrons. The largest absolute Gasteiger partial charge is 0.300 e. The van der Waals surface area contributed by atoms with Crippen molar-refractivity contribution in [1.82, 2.24) is 5.32 Å². The lowest BCUT2D eigenvalue weighted by Crippen LogP contribution is -2.32. The Morgan fingerprint density at radius 3 is 3.13 bits per heavy atom. The molecular formula is C11H12N2O2. The molecule has 1 saturated carbocycles. The number of nitrogens with zero attached hydrogens (tertiary/aromatic N) is 1. The maximum atomic E-state index is 10.7. The zero-order valence-corrected chi connectivity index (χ0v) is 8.22. The van der Waals surface area contributed by atoms with Gasteiger partial charge in [-0.2, -0.15) is 0 Å².